The number of nitrogens with zero attached hydrogens (tertiary/aromatic N) is 1. The van der Waals surface area contributed by atoms with E-state index in [1.807, 2.05) is 11.8 Å². The van der Waals surface area contributed by atoms with Crippen molar-refractivity contribution in [2.75, 3.05) is 26.2 Å². The quantitative estimate of drug-likeness (QED) is 0.748. The molecule has 0 aromatic rings. The van der Waals surface area contributed by atoms with Gasteiger partial charge in [-0.05, 0) is 18.8 Å². The summed E-state index contributed by atoms with van der Waals surface area (Å²) in [5.74, 6) is 0.440. The van der Waals surface area contributed by atoms with Crippen molar-refractivity contribution in [2.24, 2.45) is 5.92 Å². The Bertz CT molecular complexity index is 299. The van der Waals surface area contributed by atoms with Crippen molar-refractivity contribution in [3.05, 3.63) is 0 Å². The highest BCUT2D eigenvalue weighted by molar-refractivity contribution is 5.87. The van der Waals surface area contributed by atoms with Gasteiger partial charge in [-0.2, -0.15) is 0 Å². The Kier molecular flexibility index (Phi) is 6.84. The first-order chi connectivity index (χ1) is 9.04. The van der Waals surface area contributed by atoms with Gasteiger partial charge in [-0.15, -0.1) is 0 Å². The molecular weight excluding hydrogens is 242 g/mol. The molecule has 0 aromatic carbocycles. The highest BCUT2D eigenvalue weighted by Crippen LogP contribution is 2.09. The summed E-state index contributed by atoms with van der Waals surface area (Å²) in [5, 5.41) is 6.12. The first kappa shape index (κ1) is 16.0. The number of nitrogens with one attached hydrogen (secondary N) is 2. The Balaban J connectivity index is 2.60. The summed E-state index contributed by atoms with van der Waals surface area (Å²) in [4.78, 5) is 26.0. The normalized spacial score (nSPS) is 17.4. The summed E-state index contributed by atoms with van der Waals surface area (Å²) < 4.78 is 0. The van der Waals surface area contributed by atoms with E-state index in [9.17, 15) is 9.59 Å². The fraction of sp³-hybridized carbons (Fsp3) is 0.857. The molecule has 0 bridgehead atoms. The Morgan fingerprint density at radius 1 is 1.26 bits per heavy atom. The van der Waals surface area contributed by atoms with Crippen LogP contribution in [0.25, 0.3) is 0 Å². The number of rotatable bonds is 6. The third-order valence-electron chi connectivity index (χ3n) is 3.25. The molecule has 1 aliphatic rings. The first-order valence-corrected chi connectivity index (χ1v) is 7.33. The third kappa shape index (κ3) is 5.59. The van der Waals surface area contributed by atoms with Crippen LogP contribution in [-0.4, -0.2) is 48.9 Å². The maximum atomic E-state index is 12.5. The van der Waals surface area contributed by atoms with Crippen LogP contribution in [0.15, 0.2) is 0 Å². The van der Waals surface area contributed by atoms with Gasteiger partial charge in [0.1, 0.15) is 6.04 Å². The Morgan fingerprint density at radius 2 is 1.89 bits per heavy atom. The lowest BCUT2D eigenvalue weighted by Gasteiger charge is -2.31. The largest absolute Gasteiger partial charge is 0.344 e. The van der Waals surface area contributed by atoms with Crippen LogP contribution in [0.1, 0.15) is 40.0 Å². The van der Waals surface area contributed by atoms with Crippen molar-refractivity contribution in [1.29, 1.82) is 0 Å². The molecule has 5 nitrogen and oxygen atoms in total. The molecule has 1 heterocycles. The van der Waals surface area contributed by atoms with Crippen molar-refractivity contribution in [1.82, 2.24) is 15.5 Å². The average Bonchev–Trinajstić information content (AvgIpc) is 2.38. The molecular formula is C14H27N3O2. The maximum Gasteiger partial charge on any atom is 0.245 e. The van der Waals surface area contributed by atoms with Gasteiger partial charge in [0.05, 0.1) is 0 Å². The lowest BCUT2D eigenvalue weighted by atomic mass is 10.0. The van der Waals surface area contributed by atoms with E-state index in [0.717, 1.165) is 32.6 Å². The monoisotopic (exact) mass is 269 g/mol. The van der Waals surface area contributed by atoms with Gasteiger partial charge >= 0.3 is 0 Å². The fourth-order valence-corrected chi connectivity index (χ4v) is 2.29. The summed E-state index contributed by atoms with van der Waals surface area (Å²) in [6.07, 6.45) is 2.00. The predicted molar refractivity (Wildman–Crippen MR) is 75.7 cm³/mol. The van der Waals surface area contributed by atoms with Crippen LogP contribution < -0.4 is 10.6 Å². The van der Waals surface area contributed by atoms with Crippen molar-refractivity contribution in [3.63, 3.8) is 0 Å². The van der Waals surface area contributed by atoms with Gasteiger partial charge in [0.25, 0.3) is 0 Å². The number of hydrogen-bond acceptors (Lipinski definition) is 3. The van der Waals surface area contributed by atoms with E-state index in [1.54, 1.807) is 0 Å². The summed E-state index contributed by atoms with van der Waals surface area (Å²) in [6.45, 7) is 9.25. The Hall–Kier alpha value is -1.10. The van der Waals surface area contributed by atoms with Gasteiger partial charge in [0.2, 0.25) is 11.8 Å². The van der Waals surface area contributed by atoms with Gasteiger partial charge in [-0.25, -0.2) is 0 Å². The molecule has 1 rings (SSSR count). The number of hydrogen-bond donors (Lipinski definition) is 2. The molecule has 1 fully saturated rings. The molecule has 0 radical (unpaired) electrons. The minimum Gasteiger partial charge on any atom is -0.344 e. The smallest absolute Gasteiger partial charge is 0.245 e. The topological polar surface area (TPSA) is 61.4 Å². The van der Waals surface area contributed by atoms with E-state index in [4.69, 9.17) is 0 Å². The Labute approximate surface area is 116 Å². The molecule has 1 unspecified atom stereocenters. The second kappa shape index (κ2) is 8.15. The van der Waals surface area contributed by atoms with Crippen LogP contribution >= 0.6 is 0 Å². The summed E-state index contributed by atoms with van der Waals surface area (Å²) >= 11 is 0. The molecule has 0 aromatic heterocycles. The molecule has 5 heteroatoms. The maximum absolute atomic E-state index is 12.5. The summed E-state index contributed by atoms with van der Waals surface area (Å²) in [5.41, 5.74) is 0. The van der Waals surface area contributed by atoms with E-state index >= 15 is 0 Å². The molecule has 0 spiro atoms. The number of carbonyl (C=O) groups is 2. The van der Waals surface area contributed by atoms with Crippen LogP contribution in [0.2, 0.25) is 0 Å². The SMILES string of the molecule is CCCC(=O)NC(CC(C)C)C(=O)N1CCNCC1. The molecule has 2 N–H and O–H groups in total. The van der Waals surface area contributed by atoms with Gasteiger partial charge in [-0.3, -0.25) is 9.59 Å². The highest BCUT2D eigenvalue weighted by Gasteiger charge is 2.27. The minimum atomic E-state index is -0.364. The van der Waals surface area contributed by atoms with Gasteiger partial charge < -0.3 is 15.5 Å². The van der Waals surface area contributed by atoms with Crippen LogP contribution in [0.4, 0.5) is 0 Å². The summed E-state index contributed by atoms with van der Waals surface area (Å²) in [6, 6.07) is -0.364. The number of amides is 2. The minimum absolute atomic E-state index is 0.0170. The van der Waals surface area contributed by atoms with Crippen molar-refractivity contribution >= 4 is 11.8 Å². The fourth-order valence-electron chi connectivity index (χ4n) is 2.29. The lowest BCUT2D eigenvalue weighted by Crippen LogP contribution is -2.54. The van der Waals surface area contributed by atoms with Crippen LogP contribution in [0, 0.1) is 5.92 Å². The predicted octanol–water partition coefficient (Wildman–Crippen LogP) is 0.749. The van der Waals surface area contributed by atoms with Crippen LogP contribution in [0.5, 0.6) is 0 Å². The number of piperazine rings is 1. The molecule has 1 atom stereocenters. The average molecular weight is 269 g/mol. The van der Waals surface area contributed by atoms with E-state index in [2.05, 4.69) is 24.5 Å². The molecule has 1 saturated heterocycles. The zero-order chi connectivity index (χ0) is 14.3. The molecule has 110 valence electrons. The second-order valence-electron chi connectivity index (χ2n) is 5.57. The zero-order valence-corrected chi connectivity index (χ0v) is 12.4. The van der Waals surface area contributed by atoms with Gasteiger partial charge in [0.15, 0.2) is 0 Å². The molecule has 0 aliphatic carbocycles. The van der Waals surface area contributed by atoms with Crippen molar-refractivity contribution in [2.45, 2.75) is 46.1 Å². The summed E-state index contributed by atoms with van der Waals surface area (Å²) in [7, 11) is 0. The van der Waals surface area contributed by atoms with E-state index in [0.29, 0.717) is 18.8 Å². The molecule has 0 saturated carbocycles. The van der Waals surface area contributed by atoms with E-state index < -0.39 is 0 Å². The first-order valence-electron chi connectivity index (χ1n) is 7.33. The van der Waals surface area contributed by atoms with Crippen LogP contribution in [-0.2, 0) is 9.59 Å². The third-order valence-corrected chi connectivity index (χ3v) is 3.25. The Morgan fingerprint density at radius 3 is 2.42 bits per heavy atom. The molecule has 1 aliphatic heterocycles. The second-order valence-corrected chi connectivity index (χ2v) is 5.57. The lowest BCUT2D eigenvalue weighted by molar-refractivity contribution is -0.137. The van der Waals surface area contributed by atoms with Crippen molar-refractivity contribution in [3.8, 4) is 0 Å². The standard InChI is InChI=1S/C14H27N3O2/c1-4-5-13(18)16-12(10-11(2)3)14(19)17-8-6-15-7-9-17/h11-12,15H,4-10H2,1-3H3,(H,16,18). The van der Waals surface area contributed by atoms with Gasteiger partial charge in [-0.1, -0.05) is 20.8 Å². The molecule has 19 heavy (non-hydrogen) atoms. The highest BCUT2D eigenvalue weighted by atomic mass is 16.2. The number of carbonyl (C=O) groups excluding carboxylic acids is 2. The molecule has 2 amide bonds. The zero-order valence-electron chi connectivity index (χ0n) is 12.4. The van der Waals surface area contributed by atoms with Gasteiger partial charge in [0, 0.05) is 32.6 Å². The van der Waals surface area contributed by atoms with Crippen LogP contribution in [0.3, 0.4) is 0 Å². The van der Waals surface area contributed by atoms with Crippen molar-refractivity contribution < 1.29 is 9.59 Å². The van der Waals surface area contributed by atoms with E-state index in [1.165, 1.54) is 0 Å². The van der Waals surface area contributed by atoms with E-state index in [-0.39, 0.29) is 17.9 Å².